The summed E-state index contributed by atoms with van der Waals surface area (Å²) in [5.41, 5.74) is 2.75. The molecule has 32 heavy (non-hydrogen) atoms. The van der Waals surface area contributed by atoms with Crippen molar-refractivity contribution in [3.8, 4) is 5.75 Å². The molecule has 0 fully saturated rings. The highest BCUT2D eigenvalue weighted by molar-refractivity contribution is 7.09. The topological polar surface area (TPSA) is 81.5 Å². The molecule has 1 atom stereocenters. The lowest BCUT2D eigenvalue weighted by molar-refractivity contribution is 0.241. The predicted molar refractivity (Wildman–Crippen MR) is 127 cm³/mol. The lowest BCUT2D eigenvalue weighted by atomic mass is 10.1. The lowest BCUT2D eigenvalue weighted by Crippen LogP contribution is -2.09. The highest BCUT2D eigenvalue weighted by atomic mass is 35.5. The molecule has 7 nitrogen and oxygen atoms in total. The standard InChI is InChI=1S/C23H20ClN5O2S/c1-14-11-26-21(31-14)9-15-2-4-19-17(8-15)23(28-13-27-19)29-16-3-5-20(18(24)10-16)30-12-22-25-6-7-32-22/h2-8,10,13-14H,9,11-12H2,1H3,(H,27,28,29). The number of hydrogen-bond acceptors (Lipinski definition) is 8. The van der Waals surface area contributed by atoms with Gasteiger partial charge in [0.15, 0.2) is 5.90 Å². The second-order valence-electron chi connectivity index (χ2n) is 7.40. The third-order valence-corrected chi connectivity index (χ3v) is 5.99. The first-order chi connectivity index (χ1) is 15.6. The SMILES string of the molecule is CC1CN=C(Cc2ccc3ncnc(Nc4ccc(OCc5nccs5)c(Cl)c4)c3c2)O1. The number of fused-ring (bicyclic) bond motifs is 1. The van der Waals surface area contributed by atoms with Gasteiger partial charge in [-0.1, -0.05) is 17.7 Å². The van der Waals surface area contributed by atoms with Crippen LogP contribution in [0.15, 0.2) is 59.3 Å². The average Bonchev–Trinajstić information content (AvgIpc) is 3.45. The van der Waals surface area contributed by atoms with Crippen molar-refractivity contribution in [2.45, 2.75) is 26.1 Å². The van der Waals surface area contributed by atoms with Crippen molar-refractivity contribution in [2.75, 3.05) is 11.9 Å². The van der Waals surface area contributed by atoms with Crippen LogP contribution in [0.1, 0.15) is 17.5 Å². The van der Waals surface area contributed by atoms with Gasteiger partial charge in [-0.3, -0.25) is 4.99 Å². The number of benzene rings is 2. The Hall–Kier alpha value is -3.23. The Morgan fingerprint density at radius 2 is 2.12 bits per heavy atom. The Bertz CT molecular complexity index is 1280. The Kier molecular flexibility index (Phi) is 5.87. The fourth-order valence-corrected chi connectivity index (χ4v) is 4.18. The number of anilines is 2. The molecule has 162 valence electrons. The number of rotatable bonds is 7. The number of aromatic nitrogens is 3. The van der Waals surface area contributed by atoms with Gasteiger partial charge in [0.05, 0.1) is 17.1 Å². The number of halogens is 1. The van der Waals surface area contributed by atoms with Crippen LogP contribution < -0.4 is 10.1 Å². The van der Waals surface area contributed by atoms with Gasteiger partial charge in [-0.2, -0.15) is 0 Å². The Labute approximate surface area is 194 Å². The first-order valence-corrected chi connectivity index (χ1v) is 11.4. The van der Waals surface area contributed by atoms with Crippen molar-refractivity contribution in [3.05, 3.63) is 69.9 Å². The normalized spacial score (nSPS) is 15.4. The van der Waals surface area contributed by atoms with E-state index >= 15 is 0 Å². The minimum absolute atomic E-state index is 0.143. The maximum absolute atomic E-state index is 6.44. The third-order valence-electron chi connectivity index (χ3n) is 4.95. The Morgan fingerprint density at radius 3 is 2.91 bits per heavy atom. The van der Waals surface area contributed by atoms with Crippen LogP contribution in [0.25, 0.3) is 10.9 Å². The van der Waals surface area contributed by atoms with E-state index in [0.29, 0.717) is 36.2 Å². The molecule has 4 aromatic rings. The minimum Gasteiger partial charge on any atom is -0.485 e. The van der Waals surface area contributed by atoms with Crippen LogP contribution in [0.3, 0.4) is 0 Å². The van der Waals surface area contributed by atoms with Crippen LogP contribution in [0.4, 0.5) is 11.5 Å². The number of nitrogens with one attached hydrogen (secondary N) is 1. The van der Waals surface area contributed by atoms with E-state index in [-0.39, 0.29) is 6.10 Å². The molecule has 0 saturated heterocycles. The third kappa shape index (κ3) is 4.66. The van der Waals surface area contributed by atoms with Crippen molar-refractivity contribution in [1.82, 2.24) is 15.0 Å². The zero-order valence-electron chi connectivity index (χ0n) is 17.3. The number of ether oxygens (including phenoxy) is 2. The van der Waals surface area contributed by atoms with E-state index in [0.717, 1.165) is 33.1 Å². The molecule has 1 aliphatic rings. The molecular formula is C23H20ClN5O2S. The van der Waals surface area contributed by atoms with Crippen molar-refractivity contribution >= 4 is 51.2 Å². The zero-order valence-corrected chi connectivity index (χ0v) is 18.9. The minimum atomic E-state index is 0.143. The van der Waals surface area contributed by atoms with Gasteiger partial charge >= 0.3 is 0 Å². The second-order valence-corrected chi connectivity index (χ2v) is 8.78. The van der Waals surface area contributed by atoms with E-state index in [4.69, 9.17) is 21.1 Å². The van der Waals surface area contributed by atoms with Gasteiger partial charge in [0.1, 0.15) is 35.6 Å². The van der Waals surface area contributed by atoms with Crippen LogP contribution in [0, 0.1) is 0 Å². The quantitative estimate of drug-likeness (QED) is 0.392. The fourth-order valence-electron chi connectivity index (χ4n) is 3.42. The van der Waals surface area contributed by atoms with Gasteiger partial charge in [-0.15, -0.1) is 11.3 Å². The average molecular weight is 466 g/mol. The molecular weight excluding hydrogens is 446 g/mol. The predicted octanol–water partition coefficient (Wildman–Crippen LogP) is 5.42. The first kappa shape index (κ1) is 20.7. The maximum atomic E-state index is 6.44. The maximum Gasteiger partial charge on any atom is 0.188 e. The Balaban J connectivity index is 1.35. The van der Waals surface area contributed by atoms with Crippen LogP contribution in [-0.2, 0) is 17.8 Å². The lowest BCUT2D eigenvalue weighted by Gasteiger charge is -2.12. The van der Waals surface area contributed by atoms with E-state index in [2.05, 4.69) is 31.3 Å². The molecule has 0 aliphatic carbocycles. The number of thiazole rings is 1. The number of hydrogen-bond donors (Lipinski definition) is 1. The molecule has 1 aliphatic heterocycles. The summed E-state index contributed by atoms with van der Waals surface area (Å²) in [6.45, 7) is 3.12. The summed E-state index contributed by atoms with van der Waals surface area (Å²) in [5.74, 6) is 2.07. The molecule has 0 bridgehead atoms. The van der Waals surface area contributed by atoms with Gasteiger partial charge in [-0.05, 0) is 42.8 Å². The summed E-state index contributed by atoms with van der Waals surface area (Å²) in [6, 6.07) is 11.7. The molecule has 1 unspecified atom stereocenters. The number of aliphatic imine (C=N–C) groups is 1. The summed E-state index contributed by atoms with van der Waals surface area (Å²) in [6.07, 6.45) is 4.09. The molecule has 9 heteroatoms. The summed E-state index contributed by atoms with van der Waals surface area (Å²) >= 11 is 7.99. The van der Waals surface area contributed by atoms with Gasteiger partial charge in [0, 0.05) is 29.1 Å². The molecule has 0 spiro atoms. The van der Waals surface area contributed by atoms with Crippen LogP contribution in [-0.4, -0.2) is 33.5 Å². The van der Waals surface area contributed by atoms with Gasteiger partial charge in [0.25, 0.3) is 0 Å². The fraction of sp³-hybridized carbons (Fsp3) is 0.217. The van der Waals surface area contributed by atoms with E-state index < -0.39 is 0 Å². The molecule has 2 aromatic heterocycles. The monoisotopic (exact) mass is 465 g/mol. The largest absolute Gasteiger partial charge is 0.485 e. The summed E-state index contributed by atoms with van der Waals surface area (Å²) in [5, 5.41) is 7.59. The van der Waals surface area contributed by atoms with Gasteiger partial charge in [-0.25, -0.2) is 15.0 Å². The van der Waals surface area contributed by atoms with E-state index in [1.54, 1.807) is 23.9 Å². The highest BCUT2D eigenvalue weighted by Crippen LogP contribution is 2.31. The first-order valence-electron chi connectivity index (χ1n) is 10.2. The van der Waals surface area contributed by atoms with Gasteiger partial charge < -0.3 is 14.8 Å². The summed E-state index contributed by atoms with van der Waals surface area (Å²) in [7, 11) is 0. The van der Waals surface area contributed by atoms with E-state index in [1.807, 2.05) is 42.6 Å². The molecule has 3 heterocycles. The molecule has 1 N–H and O–H groups in total. The van der Waals surface area contributed by atoms with Crippen molar-refractivity contribution in [1.29, 1.82) is 0 Å². The van der Waals surface area contributed by atoms with Crippen molar-refractivity contribution in [3.63, 3.8) is 0 Å². The molecule has 2 aromatic carbocycles. The van der Waals surface area contributed by atoms with Crippen LogP contribution in [0.5, 0.6) is 5.75 Å². The van der Waals surface area contributed by atoms with E-state index in [1.165, 1.54) is 0 Å². The molecule has 5 rings (SSSR count). The zero-order chi connectivity index (χ0) is 21.9. The van der Waals surface area contributed by atoms with Crippen molar-refractivity contribution in [2.24, 2.45) is 4.99 Å². The molecule has 0 saturated carbocycles. The summed E-state index contributed by atoms with van der Waals surface area (Å²) in [4.78, 5) is 17.5. The Morgan fingerprint density at radius 1 is 1.19 bits per heavy atom. The summed E-state index contributed by atoms with van der Waals surface area (Å²) < 4.78 is 11.5. The van der Waals surface area contributed by atoms with E-state index in [9.17, 15) is 0 Å². The number of nitrogens with zero attached hydrogens (tertiary/aromatic N) is 4. The highest BCUT2D eigenvalue weighted by Gasteiger charge is 2.16. The smallest absolute Gasteiger partial charge is 0.188 e. The molecule has 0 amide bonds. The molecule has 0 radical (unpaired) electrons. The van der Waals surface area contributed by atoms with Gasteiger partial charge in [0.2, 0.25) is 0 Å². The van der Waals surface area contributed by atoms with Crippen molar-refractivity contribution < 1.29 is 9.47 Å². The van der Waals surface area contributed by atoms with Crippen LogP contribution in [0.2, 0.25) is 5.02 Å². The second kappa shape index (κ2) is 9.10. The van der Waals surface area contributed by atoms with Crippen LogP contribution >= 0.6 is 22.9 Å².